The first-order chi connectivity index (χ1) is 15.0. The average Bonchev–Trinajstić information content (AvgIpc) is 3.47. The molecule has 158 valence electrons. The van der Waals surface area contributed by atoms with Crippen molar-refractivity contribution in [3.05, 3.63) is 46.6 Å². The van der Waals surface area contributed by atoms with Gasteiger partial charge >= 0.3 is 5.69 Å². The maximum absolute atomic E-state index is 12.7. The molecule has 1 aliphatic rings. The van der Waals surface area contributed by atoms with E-state index in [1.807, 2.05) is 0 Å². The largest absolute Gasteiger partial charge is 0.352 e. The molecule has 4 aromatic rings. The second kappa shape index (κ2) is 7.58. The number of carbonyl (C=O) groups excluding carboxylic acids is 2. The monoisotopic (exact) mass is 437 g/mol. The van der Waals surface area contributed by atoms with E-state index in [-0.39, 0.29) is 12.3 Å². The minimum atomic E-state index is -0.451. The molecule has 0 unspecified atom stereocenters. The average molecular weight is 437 g/mol. The molecule has 1 saturated heterocycles. The van der Waals surface area contributed by atoms with E-state index in [4.69, 9.17) is 0 Å². The first kappa shape index (κ1) is 19.4. The predicted octanol–water partition coefficient (Wildman–Crippen LogP) is 1.94. The third-order valence-corrected chi connectivity index (χ3v) is 6.29. The Bertz CT molecular complexity index is 1380. The van der Waals surface area contributed by atoms with E-state index in [2.05, 4.69) is 25.3 Å². The summed E-state index contributed by atoms with van der Waals surface area (Å²) in [6.45, 7) is 3.12. The summed E-state index contributed by atoms with van der Waals surface area (Å²) in [6, 6.07) is 6.64. The Hall–Kier alpha value is -3.60. The van der Waals surface area contributed by atoms with Crippen LogP contribution in [0, 0.1) is 0 Å². The van der Waals surface area contributed by atoms with Crippen molar-refractivity contribution in [3.63, 3.8) is 0 Å². The van der Waals surface area contributed by atoms with E-state index in [1.54, 1.807) is 24.3 Å². The highest BCUT2D eigenvalue weighted by molar-refractivity contribution is 7.22. The summed E-state index contributed by atoms with van der Waals surface area (Å²) in [5.41, 5.74) is 1.51. The van der Waals surface area contributed by atoms with Crippen LogP contribution >= 0.6 is 11.3 Å². The van der Waals surface area contributed by atoms with Gasteiger partial charge < -0.3 is 10.2 Å². The lowest BCUT2D eigenvalue weighted by Gasteiger charge is -2.11. The second-order valence-electron chi connectivity index (χ2n) is 7.41. The summed E-state index contributed by atoms with van der Waals surface area (Å²) in [7, 11) is 0. The lowest BCUT2D eigenvalue weighted by atomic mass is 10.1. The fourth-order valence-electron chi connectivity index (χ4n) is 3.62. The number of rotatable bonds is 5. The standard InChI is InChI=1S/C20H19N7O3S/c1-12(28)13-5-4-6-14(9-13)22-15(29)10-27-20(30)26-11-21-17-16(18(26)24-27)31-19(23-17)25-7-2-3-8-25/h4-6,9,11H,2-3,7-8,10H2,1H3,(H,22,29). The number of Topliss-reactive ketones (excluding diaryl/α,β-unsaturated/α-hetero) is 1. The highest BCUT2D eigenvalue weighted by Gasteiger charge is 2.20. The van der Waals surface area contributed by atoms with Gasteiger partial charge in [-0.05, 0) is 31.9 Å². The van der Waals surface area contributed by atoms with Gasteiger partial charge in [-0.25, -0.2) is 18.9 Å². The van der Waals surface area contributed by atoms with Gasteiger partial charge in [0.05, 0.1) is 0 Å². The first-order valence-electron chi connectivity index (χ1n) is 9.90. The molecule has 1 aromatic carbocycles. The van der Waals surface area contributed by atoms with E-state index >= 15 is 0 Å². The van der Waals surface area contributed by atoms with Gasteiger partial charge in [-0.2, -0.15) is 4.98 Å². The lowest BCUT2D eigenvalue weighted by molar-refractivity contribution is -0.117. The zero-order valence-electron chi connectivity index (χ0n) is 16.7. The van der Waals surface area contributed by atoms with Crippen LogP contribution in [0.1, 0.15) is 30.1 Å². The van der Waals surface area contributed by atoms with Crippen LogP contribution in [0.25, 0.3) is 16.0 Å². The van der Waals surface area contributed by atoms with Gasteiger partial charge in [0.2, 0.25) is 5.91 Å². The van der Waals surface area contributed by atoms with Crippen molar-refractivity contribution in [3.8, 4) is 0 Å². The molecule has 0 bridgehead atoms. The molecule has 1 aliphatic heterocycles. The SMILES string of the molecule is CC(=O)c1cccc(NC(=O)Cn2nc3c4sc(N5CCCC5)nc4ncn3c2=O)c1. The van der Waals surface area contributed by atoms with E-state index in [0.717, 1.165) is 40.4 Å². The fourth-order valence-corrected chi connectivity index (χ4v) is 4.67. The molecule has 0 radical (unpaired) electrons. The number of carbonyl (C=O) groups is 2. The molecule has 1 amide bonds. The van der Waals surface area contributed by atoms with E-state index < -0.39 is 11.6 Å². The van der Waals surface area contributed by atoms with Crippen molar-refractivity contribution in [1.29, 1.82) is 0 Å². The summed E-state index contributed by atoms with van der Waals surface area (Å²) >= 11 is 1.46. The zero-order chi connectivity index (χ0) is 21.5. The Labute approximate surface area is 180 Å². The molecule has 0 spiro atoms. The molecule has 0 saturated carbocycles. The number of thiazole rings is 1. The second-order valence-corrected chi connectivity index (χ2v) is 8.38. The van der Waals surface area contributed by atoms with Gasteiger partial charge in [-0.15, -0.1) is 5.10 Å². The fraction of sp³-hybridized carbons (Fsp3) is 0.300. The first-order valence-corrected chi connectivity index (χ1v) is 10.7. The van der Waals surface area contributed by atoms with Crippen LogP contribution in [0.3, 0.4) is 0 Å². The molecule has 31 heavy (non-hydrogen) atoms. The molecule has 10 nitrogen and oxygen atoms in total. The van der Waals surface area contributed by atoms with E-state index in [9.17, 15) is 14.4 Å². The Morgan fingerprint density at radius 3 is 2.81 bits per heavy atom. The Kier molecular flexibility index (Phi) is 4.74. The number of amides is 1. The molecular formula is C20H19N7O3S. The number of hydrogen-bond acceptors (Lipinski definition) is 8. The van der Waals surface area contributed by atoms with Gasteiger partial charge in [0.25, 0.3) is 0 Å². The normalized spacial score (nSPS) is 13.9. The smallest absolute Gasteiger partial charge is 0.348 e. The molecule has 5 rings (SSSR count). The molecule has 0 atom stereocenters. The van der Waals surface area contributed by atoms with Crippen molar-refractivity contribution in [2.24, 2.45) is 0 Å². The molecule has 1 N–H and O–H groups in total. The van der Waals surface area contributed by atoms with E-state index in [0.29, 0.717) is 22.5 Å². The number of fused-ring (bicyclic) bond motifs is 3. The maximum atomic E-state index is 12.7. The zero-order valence-corrected chi connectivity index (χ0v) is 17.6. The predicted molar refractivity (Wildman–Crippen MR) is 117 cm³/mol. The number of aromatic nitrogens is 5. The van der Waals surface area contributed by atoms with Crippen molar-refractivity contribution in [2.45, 2.75) is 26.3 Å². The van der Waals surface area contributed by atoms with Gasteiger partial charge in [0.15, 0.2) is 22.2 Å². The Morgan fingerprint density at radius 2 is 2.03 bits per heavy atom. The molecule has 0 aliphatic carbocycles. The van der Waals surface area contributed by atoms with Crippen LogP contribution in [-0.2, 0) is 11.3 Å². The summed E-state index contributed by atoms with van der Waals surface area (Å²) in [4.78, 5) is 47.9. The molecule has 3 aromatic heterocycles. The number of nitrogens with one attached hydrogen (secondary N) is 1. The van der Waals surface area contributed by atoms with Crippen LogP contribution < -0.4 is 15.9 Å². The van der Waals surface area contributed by atoms with Gasteiger partial charge in [0, 0.05) is 24.3 Å². The molecule has 11 heteroatoms. The van der Waals surface area contributed by atoms with Gasteiger partial charge in [-0.1, -0.05) is 23.5 Å². The number of nitrogens with zero attached hydrogens (tertiary/aromatic N) is 6. The number of hydrogen-bond donors (Lipinski definition) is 1. The molecular weight excluding hydrogens is 418 g/mol. The summed E-state index contributed by atoms with van der Waals surface area (Å²) in [5, 5.41) is 7.95. The minimum Gasteiger partial charge on any atom is -0.348 e. The van der Waals surface area contributed by atoms with Crippen molar-refractivity contribution in [1.82, 2.24) is 24.1 Å². The number of benzene rings is 1. The van der Waals surface area contributed by atoms with Crippen LogP contribution in [0.5, 0.6) is 0 Å². The van der Waals surface area contributed by atoms with Crippen molar-refractivity contribution < 1.29 is 9.59 Å². The van der Waals surface area contributed by atoms with Crippen LogP contribution in [0.4, 0.5) is 10.8 Å². The molecule has 4 heterocycles. The summed E-state index contributed by atoms with van der Waals surface area (Å²) in [6.07, 6.45) is 3.67. The van der Waals surface area contributed by atoms with Gasteiger partial charge in [-0.3, -0.25) is 9.59 Å². The maximum Gasteiger partial charge on any atom is 0.352 e. The van der Waals surface area contributed by atoms with Crippen molar-refractivity contribution in [2.75, 3.05) is 23.3 Å². The quantitative estimate of drug-likeness (QED) is 0.475. The summed E-state index contributed by atoms with van der Waals surface area (Å²) in [5.74, 6) is -0.514. The highest BCUT2D eigenvalue weighted by Crippen LogP contribution is 2.31. The van der Waals surface area contributed by atoms with Crippen LogP contribution in [0.2, 0.25) is 0 Å². The molecule has 1 fully saturated rings. The van der Waals surface area contributed by atoms with Crippen LogP contribution in [-0.4, -0.2) is 48.9 Å². The van der Waals surface area contributed by atoms with Crippen molar-refractivity contribution >= 4 is 49.8 Å². The Morgan fingerprint density at radius 1 is 1.23 bits per heavy atom. The number of anilines is 2. The highest BCUT2D eigenvalue weighted by atomic mass is 32.1. The van der Waals surface area contributed by atoms with Gasteiger partial charge in [0.1, 0.15) is 17.6 Å². The summed E-state index contributed by atoms with van der Waals surface area (Å²) < 4.78 is 3.16. The minimum absolute atomic E-state index is 0.0953. The lowest BCUT2D eigenvalue weighted by Crippen LogP contribution is -2.28. The van der Waals surface area contributed by atoms with Crippen LogP contribution in [0.15, 0.2) is 35.4 Å². The number of ketones is 1. The topological polar surface area (TPSA) is 114 Å². The third-order valence-electron chi connectivity index (χ3n) is 5.19. The Balaban J connectivity index is 1.43. The third kappa shape index (κ3) is 3.56. The van der Waals surface area contributed by atoms with E-state index in [1.165, 1.54) is 29.0 Å².